The molecule has 0 heterocycles. The molecule has 114 valence electrons. The first kappa shape index (κ1) is 16.6. The second kappa shape index (κ2) is 6.34. The molecular weight excluding hydrogens is 276 g/mol. The Morgan fingerprint density at radius 2 is 1.95 bits per heavy atom. The fraction of sp³-hybridized carbons (Fsp3) is 0.429. The quantitative estimate of drug-likeness (QED) is 0.619. The number of hydrogen-bond acceptors (Lipinski definition) is 4. The zero-order valence-corrected chi connectivity index (χ0v) is 12.1. The van der Waals surface area contributed by atoms with Crippen molar-refractivity contribution in [1.29, 1.82) is 0 Å². The lowest BCUT2D eigenvalue weighted by Gasteiger charge is -2.28. The fourth-order valence-corrected chi connectivity index (χ4v) is 1.79. The minimum atomic E-state index is -1.23. The molecule has 0 aliphatic rings. The van der Waals surface area contributed by atoms with Crippen LogP contribution in [0.4, 0.5) is 11.4 Å². The van der Waals surface area contributed by atoms with Gasteiger partial charge in [-0.05, 0) is 18.9 Å². The highest BCUT2D eigenvalue weighted by Gasteiger charge is 2.39. The van der Waals surface area contributed by atoms with Crippen molar-refractivity contribution in [2.75, 3.05) is 5.32 Å². The largest absolute Gasteiger partial charge is 0.481 e. The Hall–Kier alpha value is -2.44. The molecule has 0 aliphatic carbocycles. The maximum Gasteiger partial charge on any atom is 0.310 e. The van der Waals surface area contributed by atoms with E-state index in [0.29, 0.717) is 0 Å². The number of carboxylic acid groups (broad SMARTS) is 1. The van der Waals surface area contributed by atoms with E-state index in [-0.39, 0.29) is 23.7 Å². The minimum absolute atomic E-state index is 0.0593. The van der Waals surface area contributed by atoms with Crippen molar-refractivity contribution in [3.8, 4) is 0 Å². The second-order valence-corrected chi connectivity index (χ2v) is 5.38. The van der Waals surface area contributed by atoms with Crippen LogP contribution in [0.2, 0.25) is 0 Å². The maximum absolute atomic E-state index is 12.0. The lowest BCUT2D eigenvalue weighted by molar-refractivity contribution is -0.383. The molecule has 1 amide bonds. The third-order valence-electron chi connectivity index (χ3n) is 3.67. The predicted octanol–water partition coefficient (Wildman–Crippen LogP) is 2.67. The Morgan fingerprint density at radius 1 is 1.38 bits per heavy atom. The maximum atomic E-state index is 12.0. The summed E-state index contributed by atoms with van der Waals surface area (Å²) >= 11 is 0. The lowest BCUT2D eigenvalue weighted by Crippen LogP contribution is -2.37. The summed E-state index contributed by atoms with van der Waals surface area (Å²) in [6.45, 7) is 4.91. The van der Waals surface area contributed by atoms with Crippen molar-refractivity contribution in [2.45, 2.75) is 27.2 Å². The van der Waals surface area contributed by atoms with E-state index in [1.807, 2.05) is 0 Å². The van der Waals surface area contributed by atoms with Gasteiger partial charge in [0.1, 0.15) is 5.69 Å². The Labute approximate surface area is 122 Å². The number of aliphatic carboxylic acids is 1. The van der Waals surface area contributed by atoms with Crippen LogP contribution in [0.3, 0.4) is 0 Å². The molecule has 7 nitrogen and oxygen atoms in total. The summed E-state index contributed by atoms with van der Waals surface area (Å²) in [6.07, 6.45) is -0.258. The molecular formula is C14H18N2O5. The molecule has 2 N–H and O–H groups in total. The first-order valence-electron chi connectivity index (χ1n) is 6.45. The topological polar surface area (TPSA) is 110 Å². The molecule has 21 heavy (non-hydrogen) atoms. The number of carbonyl (C=O) groups excluding carboxylic acids is 1. The molecule has 1 unspecified atom stereocenters. The molecule has 7 heteroatoms. The smallest absolute Gasteiger partial charge is 0.310 e. The van der Waals surface area contributed by atoms with E-state index in [1.165, 1.54) is 25.1 Å². The summed E-state index contributed by atoms with van der Waals surface area (Å²) < 4.78 is 0. The number of carbonyl (C=O) groups is 2. The van der Waals surface area contributed by atoms with Crippen LogP contribution < -0.4 is 5.32 Å². The monoisotopic (exact) mass is 294 g/mol. The molecule has 1 aromatic rings. The summed E-state index contributed by atoms with van der Waals surface area (Å²) in [6, 6.07) is 5.72. The zero-order valence-electron chi connectivity index (χ0n) is 12.1. The van der Waals surface area contributed by atoms with E-state index in [0.717, 1.165) is 0 Å². The van der Waals surface area contributed by atoms with Gasteiger partial charge in [0.05, 0.1) is 10.3 Å². The van der Waals surface area contributed by atoms with Crippen molar-refractivity contribution in [3.05, 3.63) is 34.4 Å². The summed E-state index contributed by atoms with van der Waals surface area (Å²) in [5, 5.41) is 22.6. The van der Waals surface area contributed by atoms with Gasteiger partial charge in [-0.3, -0.25) is 19.7 Å². The molecule has 1 aromatic carbocycles. The molecule has 0 saturated carbocycles. The summed E-state index contributed by atoms with van der Waals surface area (Å²) in [4.78, 5) is 33.6. The number of benzene rings is 1. The number of para-hydroxylation sites is 2. The van der Waals surface area contributed by atoms with Gasteiger partial charge in [-0.15, -0.1) is 0 Å². The van der Waals surface area contributed by atoms with Crippen LogP contribution in [0.15, 0.2) is 24.3 Å². The van der Waals surface area contributed by atoms with Gasteiger partial charge in [0.15, 0.2) is 0 Å². The van der Waals surface area contributed by atoms with Crippen LogP contribution in [-0.4, -0.2) is 21.9 Å². The Kier molecular flexibility index (Phi) is 5.02. The summed E-state index contributed by atoms with van der Waals surface area (Å²) in [5.41, 5.74) is -1.40. The first-order valence-corrected chi connectivity index (χ1v) is 6.45. The van der Waals surface area contributed by atoms with Gasteiger partial charge in [-0.25, -0.2) is 0 Å². The number of carboxylic acids is 1. The number of nitrogens with zero attached hydrogens (tertiary/aromatic N) is 1. The molecule has 1 atom stereocenters. The van der Waals surface area contributed by atoms with Crippen LogP contribution in [0.25, 0.3) is 0 Å². The third-order valence-corrected chi connectivity index (χ3v) is 3.67. The van der Waals surface area contributed by atoms with E-state index in [9.17, 15) is 24.8 Å². The van der Waals surface area contributed by atoms with Crippen LogP contribution in [0.5, 0.6) is 0 Å². The fourth-order valence-electron chi connectivity index (χ4n) is 1.79. The van der Waals surface area contributed by atoms with Crippen molar-refractivity contribution < 1.29 is 19.6 Å². The molecule has 0 aromatic heterocycles. The summed E-state index contributed by atoms with van der Waals surface area (Å²) in [5.74, 6) is -1.90. The highest BCUT2D eigenvalue weighted by Crippen LogP contribution is 2.32. The second-order valence-electron chi connectivity index (χ2n) is 5.38. The van der Waals surface area contributed by atoms with Crippen LogP contribution in [-0.2, 0) is 9.59 Å². The van der Waals surface area contributed by atoms with Gasteiger partial charge in [-0.2, -0.15) is 0 Å². The third kappa shape index (κ3) is 3.77. The standard InChI is InChI=1S/C14H18N2O5/c1-9(2)14(3,13(18)19)8-12(17)15-10-6-4-5-7-11(10)16(20)21/h4-7,9H,8H2,1-3H3,(H,15,17)(H,18,19). The molecule has 0 spiro atoms. The van der Waals surface area contributed by atoms with Gasteiger partial charge in [0.2, 0.25) is 5.91 Å². The average Bonchev–Trinajstić information content (AvgIpc) is 2.38. The van der Waals surface area contributed by atoms with E-state index >= 15 is 0 Å². The van der Waals surface area contributed by atoms with Crippen LogP contribution >= 0.6 is 0 Å². The van der Waals surface area contributed by atoms with Crippen molar-refractivity contribution in [3.63, 3.8) is 0 Å². The molecule has 0 fully saturated rings. The van der Waals surface area contributed by atoms with E-state index < -0.39 is 22.2 Å². The molecule has 0 radical (unpaired) electrons. The average molecular weight is 294 g/mol. The van der Waals surface area contributed by atoms with Gasteiger partial charge >= 0.3 is 5.97 Å². The number of amides is 1. The first-order chi connectivity index (χ1) is 9.68. The number of rotatable bonds is 6. The highest BCUT2D eigenvalue weighted by atomic mass is 16.6. The van der Waals surface area contributed by atoms with Gasteiger partial charge < -0.3 is 10.4 Å². The SMILES string of the molecule is CC(C)C(C)(CC(=O)Nc1ccccc1[N+](=O)[O-])C(=O)O. The highest BCUT2D eigenvalue weighted by molar-refractivity contribution is 5.95. The Morgan fingerprint density at radius 3 is 2.43 bits per heavy atom. The van der Waals surface area contributed by atoms with Crippen molar-refractivity contribution in [2.24, 2.45) is 11.3 Å². The summed E-state index contributed by atoms with van der Waals surface area (Å²) in [7, 11) is 0. The number of anilines is 1. The van der Waals surface area contributed by atoms with E-state index in [2.05, 4.69) is 5.32 Å². The number of nitro groups is 1. The Balaban J connectivity index is 2.93. The van der Waals surface area contributed by atoms with Crippen LogP contribution in [0, 0.1) is 21.4 Å². The van der Waals surface area contributed by atoms with Crippen molar-refractivity contribution >= 4 is 23.3 Å². The number of hydrogen-bond donors (Lipinski definition) is 2. The molecule has 0 bridgehead atoms. The normalized spacial score (nSPS) is 13.5. The molecule has 1 rings (SSSR count). The number of nitrogens with one attached hydrogen (secondary N) is 1. The van der Waals surface area contributed by atoms with Gasteiger partial charge in [0.25, 0.3) is 5.69 Å². The lowest BCUT2D eigenvalue weighted by atomic mass is 9.76. The molecule has 0 aliphatic heterocycles. The number of nitro benzene ring substituents is 1. The van der Waals surface area contributed by atoms with Crippen LogP contribution in [0.1, 0.15) is 27.2 Å². The predicted molar refractivity (Wildman–Crippen MR) is 76.9 cm³/mol. The van der Waals surface area contributed by atoms with Gasteiger partial charge in [-0.1, -0.05) is 26.0 Å². The minimum Gasteiger partial charge on any atom is -0.481 e. The van der Waals surface area contributed by atoms with E-state index in [4.69, 9.17) is 0 Å². The zero-order chi connectivity index (χ0) is 16.2. The Bertz CT molecular complexity index is 570. The van der Waals surface area contributed by atoms with Crippen molar-refractivity contribution in [1.82, 2.24) is 0 Å². The van der Waals surface area contributed by atoms with Gasteiger partial charge in [0, 0.05) is 12.5 Å². The van der Waals surface area contributed by atoms with E-state index in [1.54, 1.807) is 19.9 Å². The molecule has 0 saturated heterocycles.